The number of fused-ring (bicyclic) bond motifs is 1. The number of esters is 2. The molecule has 0 spiro atoms. The van der Waals surface area contributed by atoms with Gasteiger partial charge in [0, 0.05) is 36.0 Å². The van der Waals surface area contributed by atoms with Crippen LogP contribution in [0.4, 0.5) is 4.39 Å². The fraction of sp³-hybridized carbons (Fsp3) is 0.393. The summed E-state index contributed by atoms with van der Waals surface area (Å²) in [6, 6.07) is 11.7. The van der Waals surface area contributed by atoms with E-state index in [9.17, 15) is 14.0 Å². The van der Waals surface area contributed by atoms with Gasteiger partial charge in [-0.15, -0.1) is 0 Å². The summed E-state index contributed by atoms with van der Waals surface area (Å²) in [5, 5.41) is 0. The van der Waals surface area contributed by atoms with Crippen molar-refractivity contribution in [3.8, 4) is 11.5 Å². The van der Waals surface area contributed by atoms with E-state index in [1.807, 2.05) is 18.0 Å². The van der Waals surface area contributed by atoms with E-state index >= 15 is 0 Å². The summed E-state index contributed by atoms with van der Waals surface area (Å²) in [6.07, 6.45) is 0. The van der Waals surface area contributed by atoms with Crippen LogP contribution in [0.25, 0.3) is 0 Å². The Hall–Kier alpha value is -3.72. The molecule has 4 rings (SSSR count). The molecule has 2 aromatic carbocycles. The molecule has 0 fully saturated rings. The summed E-state index contributed by atoms with van der Waals surface area (Å²) in [5.74, 6) is -1.80. The van der Waals surface area contributed by atoms with Gasteiger partial charge in [0.15, 0.2) is 11.5 Å². The van der Waals surface area contributed by atoms with Crippen LogP contribution < -0.4 is 9.47 Å². The summed E-state index contributed by atoms with van der Waals surface area (Å²) in [5.41, 5.74) is 2.90. The van der Waals surface area contributed by atoms with Crippen molar-refractivity contribution in [1.29, 1.82) is 0 Å². The molecule has 0 radical (unpaired) electrons. The Kier molecular flexibility index (Phi) is 8.23. The predicted octanol–water partition coefficient (Wildman–Crippen LogP) is 4.24. The highest BCUT2D eigenvalue weighted by Crippen LogP contribution is 2.47. The standard InChI is InChI=1S/C28H31FN2O6/c1-5-34-27(32)23-17(2)30-18(3)24(25(23)21-7-6-8-22-26(21)37-16-36-22)28(33)35-14-13-31(4)15-19-9-11-20(29)12-10-19/h6-12,23,25H,5,13-16H2,1-4H3. The highest BCUT2D eigenvalue weighted by atomic mass is 19.1. The molecular weight excluding hydrogens is 479 g/mol. The second-order valence-corrected chi connectivity index (χ2v) is 9.04. The molecule has 2 aliphatic rings. The number of allylic oxidation sites excluding steroid dienone is 1. The van der Waals surface area contributed by atoms with Crippen LogP contribution in [-0.2, 0) is 25.6 Å². The van der Waals surface area contributed by atoms with Gasteiger partial charge in [0.25, 0.3) is 0 Å². The van der Waals surface area contributed by atoms with Gasteiger partial charge in [0.2, 0.25) is 6.79 Å². The molecule has 2 aromatic rings. The van der Waals surface area contributed by atoms with Crippen molar-refractivity contribution in [3.63, 3.8) is 0 Å². The predicted molar refractivity (Wildman–Crippen MR) is 135 cm³/mol. The third-order valence-corrected chi connectivity index (χ3v) is 6.42. The number of carbonyl (C=O) groups excluding carboxylic acids is 2. The van der Waals surface area contributed by atoms with Crippen LogP contribution in [0, 0.1) is 11.7 Å². The van der Waals surface area contributed by atoms with Crippen molar-refractivity contribution in [2.45, 2.75) is 33.2 Å². The minimum atomic E-state index is -0.817. The number of hydrogen-bond donors (Lipinski definition) is 0. The minimum absolute atomic E-state index is 0.0546. The molecule has 2 unspecified atom stereocenters. The highest BCUT2D eigenvalue weighted by Gasteiger charge is 2.44. The molecular formula is C28H31FN2O6. The van der Waals surface area contributed by atoms with E-state index in [0.29, 0.717) is 41.6 Å². The van der Waals surface area contributed by atoms with Crippen LogP contribution in [0.1, 0.15) is 37.8 Å². The van der Waals surface area contributed by atoms with Gasteiger partial charge < -0.3 is 18.9 Å². The number of likely N-dealkylation sites (N-methyl/N-ethyl adjacent to an activating group) is 1. The van der Waals surface area contributed by atoms with E-state index in [0.717, 1.165) is 5.56 Å². The molecule has 2 heterocycles. The monoisotopic (exact) mass is 510 g/mol. The molecule has 2 aliphatic heterocycles. The zero-order valence-electron chi connectivity index (χ0n) is 21.5. The highest BCUT2D eigenvalue weighted by molar-refractivity contribution is 6.07. The largest absolute Gasteiger partial charge is 0.465 e. The lowest BCUT2D eigenvalue weighted by Crippen LogP contribution is -2.37. The maximum absolute atomic E-state index is 13.5. The van der Waals surface area contributed by atoms with E-state index in [1.54, 1.807) is 45.0 Å². The Morgan fingerprint density at radius 2 is 1.86 bits per heavy atom. The number of hydrogen-bond acceptors (Lipinski definition) is 8. The summed E-state index contributed by atoms with van der Waals surface area (Å²) in [7, 11) is 1.89. The molecule has 0 bridgehead atoms. The maximum Gasteiger partial charge on any atom is 0.336 e. The summed E-state index contributed by atoms with van der Waals surface area (Å²) < 4.78 is 35.5. The lowest BCUT2D eigenvalue weighted by molar-refractivity contribution is -0.146. The molecule has 2 atom stereocenters. The number of ether oxygens (including phenoxy) is 4. The number of nitrogens with zero attached hydrogens (tertiary/aromatic N) is 2. The van der Waals surface area contributed by atoms with Crippen molar-refractivity contribution >= 4 is 17.7 Å². The molecule has 196 valence electrons. The summed E-state index contributed by atoms with van der Waals surface area (Å²) in [4.78, 5) is 33.1. The van der Waals surface area contributed by atoms with E-state index in [4.69, 9.17) is 18.9 Å². The molecule has 9 heteroatoms. The number of aliphatic imine (C=N–C) groups is 1. The van der Waals surface area contributed by atoms with Gasteiger partial charge in [-0.2, -0.15) is 0 Å². The van der Waals surface area contributed by atoms with Crippen molar-refractivity contribution in [3.05, 3.63) is 70.7 Å². The first-order valence-corrected chi connectivity index (χ1v) is 12.2. The van der Waals surface area contributed by atoms with Crippen LogP contribution in [0.5, 0.6) is 11.5 Å². The Morgan fingerprint density at radius 3 is 2.59 bits per heavy atom. The first-order valence-electron chi connectivity index (χ1n) is 12.2. The molecule has 0 saturated heterocycles. The fourth-order valence-electron chi connectivity index (χ4n) is 4.73. The second-order valence-electron chi connectivity index (χ2n) is 9.04. The van der Waals surface area contributed by atoms with Crippen LogP contribution in [0.3, 0.4) is 0 Å². The maximum atomic E-state index is 13.5. The van der Waals surface area contributed by atoms with E-state index in [-0.39, 0.29) is 31.4 Å². The van der Waals surface area contributed by atoms with Crippen LogP contribution in [0.2, 0.25) is 0 Å². The summed E-state index contributed by atoms with van der Waals surface area (Å²) >= 11 is 0. The first kappa shape index (κ1) is 26.3. The van der Waals surface area contributed by atoms with Gasteiger partial charge in [0.1, 0.15) is 18.3 Å². The average Bonchev–Trinajstić information content (AvgIpc) is 3.34. The van der Waals surface area contributed by atoms with Gasteiger partial charge in [-0.1, -0.05) is 24.3 Å². The van der Waals surface area contributed by atoms with Gasteiger partial charge in [0.05, 0.1) is 12.2 Å². The smallest absolute Gasteiger partial charge is 0.336 e. The molecule has 0 amide bonds. The van der Waals surface area contributed by atoms with Crippen molar-refractivity contribution in [2.75, 3.05) is 33.6 Å². The molecule has 0 aliphatic carbocycles. The molecule has 0 N–H and O–H groups in total. The molecule has 37 heavy (non-hydrogen) atoms. The fourth-order valence-corrected chi connectivity index (χ4v) is 4.73. The Morgan fingerprint density at radius 1 is 1.11 bits per heavy atom. The SMILES string of the molecule is CCOC(=O)C1C(C)=NC(C)=C(C(=O)OCCN(C)Cc2ccc(F)cc2)C1c1cccc2c1OCO2. The minimum Gasteiger partial charge on any atom is -0.465 e. The van der Waals surface area contributed by atoms with Gasteiger partial charge in [-0.25, -0.2) is 9.18 Å². The quantitative estimate of drug-likeness (QED) is 0.467. The topological polar surface area (TPSA) is 86.7 Å². The molecule has 0 aromatic heterocycles. The number of halogens is 1. The van der Waals surface area contributed by atoms with Gasteiger partial charge in [-0.3, -0.25) is 14.7 Å². The van der Waals surface area contributed by atoms with Crippen molar-refractivity contribution in [1.82, 2.24) is 4.90 Å². The van der Waals surface area contributed by atoms with Crippen molar-refractivity contribution in [2.24, 2.45) is 10.9 Å². The van der Waals surface area contributed by atoms with Gasteiger partial charge >= 0.3 is 11.9 Å². The molecule has 0 saturated carbocycles. The zero-order valence-corrected chi connectivity index (χ0v) is 21.5. The average molecular weight is 511 g/mol. The zero-order chi connectivity index (χ0) is 26.5. The second kappa shape index (κ2) is 11.6. The number of carbonyl (C=O) groups is 2. The number of benzene rings is 2. The Labute approximate surface area is 215 Å². The molecule has 8 nitrogen and oxygen atoms in total. The van der Waals surface area contributed by atoms with Crippen LogP contribution >= 0.6 is 0 Å². The van der Waals surface area contributed by atoms with E-state index in [1.165, 1.54) is 12.1 Å². The van der Waals surface area contributed by atoms with E-state index in [2.05, 4.69) is 4.99 Å². The lowest BCUT2D eigenvalue weighted by atomic mass is 9.75. The Bertz CT molecular complexity index is 1220. The third kappa shape index (κ3) is 5.83. The van der Waals surface area contributed by atoms with Crippen LogP contribution in [0.15, 0.2) is 58.7 Å². The van der Waals surface area contributed by atoms with Crippen LogP contribution in [-0.4, -0.2) is 56.1 Å². The van der Waals surface area contributed by atoms with Gasteiger partial charge in [-0.05, 0) is 51.6 Å². The first-order chi connectivity index (χ1) is 17.8. The lowest BCUT2D eigenvalue weighted by Gasteiger charge is -2.32. The number of rotatable bonds is 9. The Balaban J connectivity index is 1.56. The normalized spacial score (nSPS) is 18.6. The number of para-hydroxylation sites is 1. The summed E-state index contributed by atoms with van der Waals surface area (Å²) in [6.45, 7) is 6.63. The van der Waals surface area contributed by atoms with E-state index < -0.39 is 23.8 Å². The van der Waals surface area contributed by atoms with Crippen molar-refractivity contribution < 1.29 is 32.9 Å². The third-order valence-electron chi connectivity index (χ3n) is 6.42.